The topological polar surface area (TPSA) is 9.23 Å². The van der Waals surface area contributed by atoms with Crippen LogP contribution in [0, 0.1) is 6.92 Å². The molecule has 0 atom stereocenters. The number of halogens is 1. The Morgan fingerprint density at radius 3 is 2.71 bits per heavy atom. The van der Waals surface area contributed by atoms with Crippen LogP contribution in [0.3, 0.4) is 0 Å². The second kappa shape index (κ2) is 5.63. The molecule has 14 heavy (non-hydrogen) atoms. The molecule has 0 saturated heterocycles. The van der Waals surface area contributed by atoms with E-state index in [0.717, 1.165) is 11.3 Å². The molecule has 0 heterocycles. The summed E-state index contributed by atoms with van der Waals surface area (Å²) in [4.78, 5) is 0. The summed E-state index contributed by atoms with van der Waals surface area (Å²) in [6.45, 7) is 6.12. The molecule has 0 aliphatic rings. The summed E-state index contributed by atoms with van der Waals surface area (Å²) < 4.78 is 7.73. The monoisotopic (exact) mass is 299 g/mol. The van der Waals surface area contributed by atoms with Gasteiger partial charge in [-0.1, -0.05) is 0 Å². The van der Waals surface area contributed by atoms with Crippen molar-refractivity contribution >= 4 is 14.3 Å². The van der Waals surface area contributed by atoms with E-state index in [4.69, 9.17) is 14.4 Å². The van der Waals surface area contributed by atoms with Crippen molar-refractivity contribution in [2.75, 3.05) is 0 Å². The van der Waals surface area contributed by atoms with Crippen LogP contribution in [0.5, 0.6) is 5.75 Å². The first-order valence-corrected chi connectivity index (χ1v) is 7.70. The summed E-state index contributed by atoms with van der Waals surface area (Å²) in [5.74, 6) is 0.931. The van der Waals surface area contributed by atoms with Crippen molar-refractivity contribution < 1.29 is 20.4 Å². The van der Waals surface area contributed by atoms with Crippen LogP contribution in [0.2, 0.25) is 0 Å². The molecule has 0 aliphatic carbocycles. The zero-order chi connectivity index (χ0) is 10.6. The van der Waals surface area contributed by atoms with Crippen molar-refractivity contribution in [1.82, 2.24) is 0 Å². The number of ether oxygens (including phenoxy) is 1. The molecular weight excluding hydrogens is 285 g/mol. The molecule has 1 nitrogen and oxygen atoms in total. The van der Waals surface area contributed by atoms with Crippen molar-refractivity contribution in [3.8, 4) is 5.75 Å². The normalized spacial score (nSPS) is 11.8. The van der Waals surface area contributed by atoms with Crippen LogP contribution >= 0.6 is 9.69 Å². The molecule has 0 unspecified atom stereocenters. The van der Waals surface area contributed by atoms with Crippen molar-refractivity contribution in [1.29, 1.82) is 0 Å². The molecule has 0 aliphatic heterocycles. The standard InChI is InChI=1S/C11H14O.ClH.Ru/c1-8(2)12-11-6-5-9(3)7-10(11)4;;/h4-8H,1-3H3;1H;/q;;+1/p-1. The van der Waals surface area contributed by atoms with Crippen LogP contribution < -0.4 is 4.74 Å². The van der Waals surface area contributed by atoms with E-state index < -0.39 is 0 Å². The van der Waals surface area contributed by atoms with Gasteiger partial charge in [0.1, 0.15) is 0 Å². The molecule has 0 fully saturated rings. The third-order valence-electron chi connectivity index (χ3n) is 1.68. The van der Waals surface area contributed by atoms with Gasteiger partial charge in [-0.25, -0.2) is 0 Å². The fourth-order valence-corrected chi connectivity index (χ4v) is 2.24. The molecule has 0 aromatic heterocycles. The first-order valence-electron chi connectivity index (χ1n) is 4.46. The Bertz CT molecular complexity index is 334. The van der Waals surface area contributed by atoms with Crippen molar-refractivity contribution in [2.45, 2.75) is 26.9 Å². The predicted molar refractivity (Wildman–Crippen MR) is 58.0 cm³/mol. The van der Waals surface area contributed by atoms with E-state index in [-0.39, 0.29) is 21.8 Å². The number of rotatable bonds is 3. The summed E-state index contributed by atoms with van der Waals surface area (Å²) >= 11 is -0.201. The van der Waals surface area contributed by atoms with E-state index in [1.54, 1.807) is 0 Å². The molecule has 0 saturated carbocycles. The van der Waals surface area contributed by atoms with Gasteiger partial charge < -0.3 is 0 Å². The van der Waals surface area contributed by atoms with Crippen molar-refractivity contribution in [2.24, 2.45) is 0 Å². The van der Waals surface area contributed by atoms with E-state index in [1.807, 2.05) is 19.9 Å². The van der Waals surface area contributed by atoms with Crippen LogP contribution in [0.15, 0.2) is 18.2 Å². The van der Waals surface area contributed by atoms with Gasteiger partial charge in [0.2, 0.25) is 0 Å². The Kier molecular flexibility index (Phi) is 4.77. The fraction of sp³-hybridized carbons (Fsp3) is 0.364. The van der Waals surface area contributed by atoms with E-state index in [2.05, 4.69) is 23.7 Å². The number of aryl methyl sites for hydroxylation is 1. The molecule has 0 bridgehead atoms. The van der Waals surface area contributed by atoms with Crippen molar-refractivity contribution in [3.05, 3.63) is 29.3 Å². The zero-order valence-electron chi connectivity index (χ0n) is 8.53. The van der Waals surface area contributed by atoms with Gasteiger partial charge in [-0.2, -0.15) is 0 Å². The van der Waals surface area contributed by atoms with Crippen molar-refractivity contribution in [3.63, 3.8) is 0 Å². The van der Waals surface area contributed by atoms with Crippen LogP contribution in [0.1, 0.15) is 25.0 Å². The van der Waals surface area contributed by atoms with Gasteiger partial charge in [-0.15, -0.1) is 0 Å². The molecule has 1 rings (SSSR count). The molecule has 1 aromatic carbocycles. The predicted octanol–water partition coefficient (Wildman–Crippen LogP) is 3.17. The molecular formula is C11H14ClORu. The van der Waals surface area contributed by atoms with E-state index in [0.29, 0.717) is 0 Å². The molecule has 3 heteroatoms. The van der Waals surface area contributed by atoms with Crippen LogP contribution in [-0.4, -0.2) is 10.7 Å². The molecule has 0 amide bonds. The maximum absolute atomic E-state index is 5.78. The number of hydrogen-bond acceptors (Lipinski definition) is 1. The fourth-order valence-electron chi connectivity index (χ4n) is 1.15. The summed E-state index contributed by atoms with van der Waals surface area (Å²) in [5, 5.41) is 0. The third-order valence-corrected chi connectivity index (χ3v) is 2.86. The summed E-state index contributed by atoms with van der Waals surface area (Å²) in [7, 11) is 5.78. The van der Waals surface area contributed by atoms with Gasteiger partial charge in [0.15, 0.2) is 0 Å². The average Bonchev–Trinajstić information content (AvgIpc) is 2.09. The first kappa shape index (κ1) is 11.9. The summed E-state index contributed by atoms with van der Waals surface area (Å²) in [5.41, 5.74) is 2.35. The summed E-state index contributed by atoms with van der Waals surface area (Å²) in [6.07, 6.45) is 0.205. The Morgan fingerprint density at radius 1 is 1.43 bits per heavy atom. The Labute approximate surface area is 96.6 Å². The van der Waals surface area contributed by atoms with Gasteiger partial charge in [-0.3, -0.25) is 0 Å². The third kappa shape index (κ3) is 3.51. The Balaban J connectivity index is 3.01. The molecule has 1 aromatic rings. The SMILES string of the molecule is Cc1ccc(OC(C)C)c([CH]=[Ru][Cl])c1. The van der Waals surface area contributed by atoms with Gasteiger partial charge in [0, 0.05) is 0 Å². The minimum absolute atomic E-state index is 0.201. The zero-order valence-corrected chi connectivity index (χ0v) is 11.0. The van der Waals surface area contributed by atoms with E-state index in [9.17, 15) is 0 Å². The van der Waals surface area contributed by atoms with Crippen LogP contribution in [-0.2, 0) is 15.7 Å². The number of hydrogen-bond donors (Lipinski definition) is 0. The Morgan fingerprint density at radius 2 is 2.14 bits per heavy atom. The van der Waals surface area contributed by atoms with Gasteiger partial charge in [-0.05, 0) is 0 Å². The maximum atomic E-state index is 5.78. The van der Waals surface area contributed by atoms with Gasteiger partial charge in [0.05, 0.1) is 0 Å². The second-order valence-corrected chi connectivity index (χ2v) is 5.18. The molecule has 0 spiro atoms. The summed E-state index contributed by atoms with van der Waals surface area (Å²) in [6, 6.07) is 6.17. The van der Waals surface area contributed by atoms with Crippen LogP contribution in [0.25, 0.3) is 0 Å². The molecule has 0 radical (unpaired) electrons. The minimum atomic E-state index is -0.201. The van der Waals surface area contributed by atoms with Crippen LogP contribution in [0.4, 0.5) is 0 Å². The molecule has 79 valence electrons. The Hall–Kier alpha value is -0.197. The van der Waals surface area contributed by atoms with E-state index >= 15 is 0 Å². The first-order chi connectivity index (χ1) is 6.63. The van der Waals surface area contributed by atoms with Gasteiger partial charge >= 0.3 is 96.7 Å². The number of benzene rings is 1. The molecule has 0 N–H and O–H groups in total. The second-order valence-electron chi connectivity index (χ2n) is 3.39. The average molecular weight is 299 g/mol. The van der Waals surface area contributed by atoms with Gasteiger partial charge in [0.25, 0.3) is 0 Å². The quantitative estimate of drug-likeness (QED) is 0.779. The van der Waals surface area contributed by atoms with E-state index in [1.165, 1.54) is 5.56 Å².